The molecule has 0 radical (unpaired) electrons. The molecule has 21 heavy (non-hydrogen) atoms. The Kier molecular flexibility index (Phi) is 4.70. The van der Waals surface area contributed by atoms with E-state index in [1.165, 1.54) is 5.56 Å². The average Bonchev–Trinajstić information content (AvgIpc) is 2.49. The summed E-state index contributed by atoms with van der Waals surface area (Å²) in [6.07, 6.45) is 1.54. The first kappa shape index (κ1) is 14.8. The molecule has 1 heterocycles. The van der Waals surface area contributed by atoms with E-state index in [-0.39, 0.29) is 18.2 Å². The zero-order chi connectivity index (χ0) is 15.2. The Hall–Kier alpha value is -2.64. The highest BCUT2D eigenvalue weighted by Crippen LogP contribution is 2.15. The number of carbonyl (C=O) groups excluding carboxylic acids is 1. The number of nitrogens with zero attached hydrogens (tertiary/aromatic N) is 1. The van der Waals surface area contributed by atoms with Crippen molar-refractivity contribution in [3.05, 3.63) is 58.9 Å². The summed E-state index contributed by atoms with van der Waals surface area (Å²) in [5.41, 5.74) is 3.73. The number of nitrogens with one attached hydrogen (secondary N) is 1. The summed E-state index contributed by atoms with van der Waals surface area (Å²) >= 11 is 0. The van der Waals surface area contributed by atoms with E-state index in [0.717, 1.165) is 11.3 Å². The smallest absolute Gasteiger partial charge is 0.275 e. The van der Waals surface area contributed by atoms with Crippen LogP contribution in [0.4, 0.5) is 5.69 Å². The van der Waals surface area contributed by atoms with Gasteiger partial charge in [0, 0.05) is 11.9 Å². The summed E-state index contributed by atoms with van der Waals surface area (Å²) in [5.74, 6) is 4.93. The Morgan fingerprint density at radius 3 is 2.81 bits per heavy atom. The molecule has 0 unspecified atom stereocenters. The van der Waals surface area contributed by atoms with Gasteiger partial charge < -0.3 is 10.4 Å². The molecule has 1 aromatic carbocycles. The molecule has 0 atom stereocenters. The normalized spacial score (nSPS) is 9.67. The molecule has 1 amide bonds. The number of benzene rings is 1. The molecular weight excluding hydrogens is 264 g/mol. The predicted molar refractivity (Wildman–Crippen MR) is 82.1 cm³/mol. The second-order valence-corrected chi connectivity index (χ2v) is 4.61. The molecule has 0 saturated heterocycles. The van der Waals surface area contributed by atoms with E-state index in [1.807, 2.05) is 32.0 Å². The van der Waals surface area contributed by atoms with Crippen LogP contribution in [0.25, 0.3) is 0 Å². The Bertz CT molecular complexity index is 727. The summed E-state index contributed by atoms with van der Waals surface area (Å²) in [6, 6.07) is 9.12. The number of aromatic nitrogens is 1. The summed E-state index contributed by atoms with van der Waals surface area (Å²) in [7, 11) is 0. The van der Waals surface area contributed by atoms with Gasteiger partial charge in [-0.05, 0) is 49.2 Å². The SMILES string of the molecule is Cc1ccc(NC(=O)c2ncccc2C#CCO)cc1C. The Morgan fingerprint density at radius 2 is 2.10 bits per heavy atom. The minimum Gasteiger partial charge on any atom is -0.384 e. The molecule has 0 fully saturated rings. The molecule has 0 saturated carbocycles. The lowest BCUT2D eigenvalue weighted by Gasteiger charge is -2.08. The van der Waals surface area contributed by atoms with Crippen LogP contribution in [0.5, 0.6) is 0 Å². The fraction of sp³-hybridized carbons (Fsp3) is 0.176. The van der Waals surface area contributed by atoms with Gasteiger partial charge in [-0.2, -0.15) is 0 Å². The van der Waals surface area contributed by atoms with E-state index in [0.29, 0.717) is 5.56 Å². The van der Waals surface area contributed by atoms with Gasteiger partial charge in [0.25, 0.3) is 5.91 Å². The third-order valence-corrected chi connectivity index (χ3v) is 3.09. The number of amides is 1. The lowest BCUT2D eigenvalue weighted by molar-refractivity contribution is 0.102. The van der Waals surface area contributed by atoms with E-state index in [2.05, 4.69) is 22.1 Å². The van der Waals surface area contributed by atoms with E-state index in [9.17, 15) is 4.79 Å². The Morgan fingerprint density at radius 1 is 1.29 bits per heavy atom. The third-order valence-electron chi connectivity index (χ3n) is 3.09. The standard InChI is InChI=1S/C17H16N2O2/c1-12-7-8-15(11-13(12)2)19-17(21)16-14(6-4-10-20)5-3-9-18-16/h3,5,7-9,11,20H,10H2,1-2H3,(H,19,21). The minimum atomic E-state index is -0.318. The maximum absolute atomic E-state index is 12.3. The van der Waals surface area contributed by atoms with Crippen molar-refractivity contribution < 1.29 is 9.90 Å². The highest BCUT2D eigenvalue weighted by Gasteiger charge is 2.12. The van der Waals surface area contributed by atoms with Gasteiger partial charge in [0.05, 0.1) is 5.56 Å². The molecule has 0 aliphatic rings. The van der Waals surface area contributed by atoms with Gasteiger partial charge in [-0.3, -0.25) is 4.79 Å². The quantitative estimate of drug-likeness (QED) is 0.830. The number of pyridine rings is 1. The van der Waals surface area contributed by atoms with Crippen molar-refractivity contribution in [2.24, 2.45) is 0 Å². The number of aliphatic hydroxyl groups excluding tert-OH is 1. The number of carbonyl (C=O) groups is 1. The van der Waals surface area contributed by atoms with Crippen LogP contribution in [-0.2, 0) is 0 Å². The summed E-state index contributed by atoms with van der Waals surface area (Å²) in [6.45, 7) is 3.75. The molecule has 2 N–H and O–H groups in total. The second kappa shape index (κ2) is 6.69. The summed E-state index contributed by atoms with van der Waals surface area (Å²) < 4.78 is 0. The van der Waals surface area contributed by atoms with Crippen LogP contribution >= 0.6 is 0 Å². The molecule has 2 aromatic rings. The maximum atomic E-state index is 12.3. The molecule has 0 aliphatic heterocycles. The monoisotopic (exact) mass is 280 g/mol. The highest BCUT2D eigenvalue weighted by molar-refractivity contribution is 6.04. The molecule has 1 aromatic heterocycles. The van der Waals surface area contributed by atoms with E-state index >= 15 is 0 Å². The first-order chi connectivity index (χ1) is 10.1. The van der Waals surface area contributed by atoms with Crippen molar-refractivity contribution in [3.8, 4) is 11.8 Å². The van der Waals surface area contributed by atoms with Gasteiger partial charge in [-0.15, -0.1) is 0 Å². The molecule has 106 valence electrons. The number of aliphatic hydroxyl groups is 1. The van der Waals surface area contributed by atoms with Crippen molar-refractivity contribution in [1.82, 2.24) is 4.98 Å². The van der Waals surface area contributed by atoms with E-state index in [1.54, 1.807) is 18.3 Å². The van der Waals surface area contributed by atoms with Crippen LogP contribution in [0.3, 0.4) is 0 Å². The molecule has 0 bridgehead atoms. The minimum absolute atomic E-state index is 0.247. The van der Waals surface area contributed by atoms with Crippen molar-refractivity contribution in [3.63, 3.8) is 0 Å². The van der Waals surface area contributed by atoms with Gasteiger partial charge in [-0.1, -0.05) is 17.9 Å². The first-order valence-corrected chi connectivity index (χ1v) is 6.55. The van der Waals surface area contributed by atoms with Crippen LogP contribution in [-0.4, -0.2) is 22.6 Å². The van der Waals surface area contributed by atoms with Crippen LogP contribution in [0.2, 0.25) is 0 Å². The topological polar surface area (TPSA) is 62.2 Å². The van der Waals surface area contributed by atoms with Gasteiger partial charge in [0.1, 0.15) is 12.3 Å². The molecular formula is C17H16N2O2. The number of anilines is 1. The van der Waals surface area contributed by atoms with Gasteiger partial charge >= 0.3 is 0 Å². The number of aryl methyl sites for hydroxylation is 2. The van der Waals surface area contributed by atoms with Crippen LogP contribution in [0.15, 0.2) is 36.5 Å². The zero-order valence-corrected chi connectivity index (χ0v) is 12.0. The molecule has 0 spiro atoms. The number of hydrogen-bond acceptors (Lipinski definition) is 3. The summed E-state index contributed by atoms with van der Waals surface area (Å²) in [5, 5.41) is 11.6. The van der Waals surface area contributed by atoms with Gasteiger partial charge in [0.2, 0.25) is 0 Å². The van der Waals surface area contributed by atoms with Crippen LogP contribution < -0.4 is 5.32 Å². The van der Waals surface area contributed by atoms with Gasteiger partial charge in [0.15, 0.2) is 0 Å². The first-order valence-electron chi connectivity index (χ1n) is 6.55. The summed E-state index contributed by atoms with van der Waals surface area (Å²) in [4.78, 5) is 16.4. The van der Waals surface area contributed by atoms with Crippen LogP contribution in [0.1, 0.15) is 27.2 Å². The largest absolute Gasteiger partial charge is 0.384 e. The maximum Gasteiger partial charge on any atom is 0.275 e. The van der Waals surface area contributed by atoms with E-state index in [4.69, 9.17) is 5.11 Å². The average molecular weight is 280 g/mol. The van der Waals surface area contributed by atoms with Gasteiger partial charge in [-0.25, -0.2) is 4.98 Å². The fourth-order valence-corrected chi connectivity index (χ4v) is 1.83. The Labute approximate surface area is 123 Å². The molecule has 0 aliphatic carbocycles. The van der Waals surface area contributed by atoms with E-state index < -0.39 is 0 Å². The van der Waals surface area contributed by atoms with Crippen molar-refractivity contribution in [2.75, 3.05) is 11.9 Å². The molecule has 4 heteroatoms. The lowest BCUT2D eigenvalue weighted by atomic mass is 10.1. The van der Waals surface area contributed by atoms with Crippen molar-refractivity contribution >= 4 is 11.6 Å². The van der Waals surface area contributed by atoms with Crippen molar-refractivity contribution in [1.29, 1.82) is 0 Å². The highest BCUT2D eigenvalue weighted by atomic mass is 16.2. The number of hydrogen-bond donors (Lipinski definition) is 2. The number of rotatable bonds is 2. The van der Waals surface area contributed by atoms with Crippen LogP contribution in [0, 0.1) is 25.7 Å². The Balaban J connectivity index is 2.26. The lowest BCUT2D eigenvalue weighted by Crippen LogP contribution is -2.15. The van der Waals surface area contributed by atoms with Crippen molar-refractivity contribution in [2.45, 2.75) is 13.8 Å². The predicted octanol–water partition coefficient (Wildman–Crippen LogP) is 2.29. The molecule has 2 rings (SSSR count). The molecule has 4 nitrogen and oxygen atoms in total. The second-order valence-electron chi connectivity index (χ2n) is 4.61. The zero-order valence-electron chi connectivity index (χ0n) is 12.0. The fourth-order valence-electron chi connectivity index (χ4n) is 1.83. The third kappa shape index (κ3) is 3.68.